The fraction of sp³-hybridized carbons (Fsp3) is 0.333. The summed E-state index contributed by atoms with van der Waals surface area (Å²) in [5, 5.41) is 3.80. The molecule has 3 rings (SSSR count). The molecule has 2 aromatic carbocycles. The number of hydrogen-bond donors (Lipinski definition) is 2. The normalized spacial score (nSPS) is 11.9. The number of aryl methyl sites for hydroxylation is 1. The van der Waals surface area contributed by atoms with Crippen LogP contribution in [0.25, 0.3) is 10.9 Å². The van der Waals surface area contributed by atoms with Crippen LogP contribution in [0.2, 0.25) is 5.02 Å². The predicted octanol–water partition coefficient (Wildman–Crippen LogP) is 3.79. The third kappa shape index (κ3) is 6.36. The fourth-order valence-electron chi connectivity index (χ4n) is 3.50. The maximum atomic E-state index is 13.4. The molecule has 2 amide bonds. The van der Waals surface area contributed by atoms with Gasteiger partial charge in [0.25, 0.3) is 11.5 Å². The number of rotatable bonds is 9. The van der Waals surface area contributed by atoms with Gasteiger partial charge in [0, 0.05) is 17.1 Å². The largest absolute Gasteiger partial charge is 0.340 e. The molecule has 7 nitrogen and oxygen atoms in total. The van der Waals surface area contributed by atoms with Crippen LogP contribution >= 0.6 is 23.4 Å². The van der Waals surface area contributed by atoms with Crippen molar-refractivity contribution in [3.63, 3.8) is 0 Å². The molecule has 2 N–H and O–H groups in total. The summed E-state index contributed by atoms with van der Waals surface area (Å²) >= 11 is 7.65. The first-order valence-electron chi connectivity index (χ1n) is 10.7. The van der Waals surface area contributed by atoms with E-state index < -0.39 is 6.04 Å². The number of carbonyl (C=O) groups excluding carboxylic acids is 2. The van der Waals surface area contributed by atoms with Gasteiger partial charge in [-0.1, -0.05) is 29.3 Å². The third-order valence-corrected chi connectivity index (χ3v) is 6.13. The molecule has 0 saturated carbocycles. The monoisotopic (exact) mass is 486 g/mol. The molecule has 0 aliphatic carbocycles. The summed E-state index contributed by atoms with van der Waals surface area (Å²) in [7, 11) is 0. The fourth-order valence-corrected chi connectivity index (χ4v) is 4.14. The molecule has 0 fully saturated rings. The number of likely N-dealkylation sites (N-methyl/N-ethyl adjacent to an activating group) is 1. The lowest BCUT2D eigenvalue weighted by Crippen LogP contribution is -2.48. The Morgan fingerprint density at radius 1 is 1.24 bits per heavy atom. The van der Waals surface area contributed by atoms with Crippen molar-refractivity contribution < 1.29 is 9.59 Å². The Morgan fingerprint density at radius 3 is 2.73 bits per heavy atom. The van der Waals surface area contributed by atoms with Crippen molar-refractivity contribution in [1.82, 2.24) is 20.2 Å². The summed E-state index contributed by atoms with van der Waals surface area (Å²) in [5.74, 6) is 0.562. The number of nitrogens with zero attached hydrogens (tertiary/aromatic N) is 2. The van der Waals surface area contributed by atoms with E-state index in [0.29, 0.717) is 46.0 Å². The van der Waals surface area contributed by atoms with E-state index in [-0.39, 0.29) is 23.9 Å². The zero-order valence-electron chi connectivity index (χ0n) is 18.9. The molecule has 9 heteroatoms. The Morgan fingerprint density at radius 2 is 2.03 bits per heavy atom. The van der Waals surface area contributed by atoms with Crippen LogP contribution in [-0.2, 0) is 11.3 Å². The summed E-state index contributed by atoms with van der Waals surface area (Å²) in [4.78, 5) is 47.5. The van der Waals surface area contributed by atoms with Gasteiger partial charge in [-0.05, 0) is 62.6 Å². The number of benzene rings is 2. The summed E-state index contributed by atoms with van der Waals surface area (Å²) in [6, 6.07) is 11.4. The first-order valence-corrected chi connectivity index (χ1v) is 12.4. The van der Waals surface area contributed by atoms with E-state index in [1.807, 2.05) is 32.2 Å². The van der Waals surface area contributed by atoms with Crippen molar-refractivity contribution in [2.75, 3.05) is 18.6 Å². The second-order valence-electron chi connectivity index (χ2n) is 7.70. The van der Waals surface area contributed by atoms with Gasteiger partial charge in [0.2, 0.25) is 5.91 Å². The average Bonchev–Trinajstić information content (AvgIpc) is 2.79. The molecule has 1 heterocycles. The SMILES string of the molecule is CCN(Cc1nc2cc(Cl)ccc2c(=O)[nH]1)C(=O)[C@H](CCSC)NC(=O)c1cccc(C)c1. The van der Waals surface area contributed by atoms with Gasteiger partial charge in [-0.2, -0.15) is 11.8 Å². The van der Waals surface area contributed by atoms with Crippen molar-refractivity contribution in [3.05, 3.63) is 74.8 Å². The van der Waals surface area contributed by atoms with Crippen LogP contribution in [0.5, 0.6) is 0 Å². The van der Waals surface area contributed by atoms with E-state index in [4.69, 9.17) is 11.6 Å². The molecular formula is C24H27ClN4O3S. The highest BCUT2D eigenvalue weighted by molar-refractivity contribution is 7.98. The van der Waals surface area contributed by atoms with Crippen LogP contribution < -0.4 is 10.9 Å². The van der Waals surface area contributed by atoms with Crippen LogP contribution in [-0.4, -0.2) is 51.3 Å². The third-order valence-electron chi connectivity index (χ3n) is 5.25. The molecule has 0 bridgehead atoms. The number of nitrogens with one attached hydrogen (secondary N) is 2. The zero-order valence-corrected chi connectivity index (χ0v) is 20.4. The van der Waals surface area contributed by atoms with Crippen molar-refractivity contribution in [1.29, 1.82) is 0 Å². The molecule has 0 radical (unpaired) electrons. The Labute approximate surface area is 201 Å². The lowest BCUT2D eigenvalue weighted by molar-refractivity contribution is -0.133. The minimum Gasteiger partial charge on any atom is -0.340 e. The number of H-pyrrole nitrogens is 1. The quantitative estimate of drug-likeness (QED) is 0.480. The highest BCUT2D eigenvalue weighted by Crippen LogP contribution is 2.15. The Balaban J connectivity index is 1.82. The molecule has 3 aromatic rings. The maximum absolute atomic E-state index is 13.4. The smallest absolute Gasteiger partial charge is 0.258 e. The summed E-state index contributed by atoms with van der Waals surface area (Å²) in [6.07, 6.45) is 2.45. The van der Waals surface area contributed by atoms with E-state index >= 15 is 0 Å². The Hall–Kier alpha value is -2.84. The lowest BCUT2D eigenvalue weighted by atomic mass is 10.1. The highest BCUT2D eigenvalue weighted by Gasteiger charge is 2.26. The Kier molecular flexibility index (Phi) is 8.52. The average molecular weight is 487 g/mol. The van der Waals surface area contributed by atoms with E-state index in [0.717, 1.165) is 5.56 Å². The first-order chi connectivity index (χ1) is 15.8. The van der Waals surface area contributed by atoms with Crippen LogP contribution in [0.1, 0.15) is 35.1 Å². The van der Waals surface area contributed by atoms with Crippen molar-refractivity contribution in [3.8, 4) is 0 Å². The van der Waals surface area contributed by atoms with Crippen molar-refractivity contribution >= 4 is 46.1 Å². The Bertz CT molecular complexity index is 1210. The molecule has 0 saturated heterocycles. The number of amides is 2. The second-order valence-corrected chi connectivity index (χ2v) is 9.13. The number of thioether (sulfide) groups is 1. The van der Waals surface area contributed by atoms with Gasteiger partial charge in [0.1, 0.15) is 11.9 Å². The molecule has 1 atom stereocenters. The minimum absolute atomic E-state index is 0.114. The van der Waals surface area contributed by atoms with Crippen molar-refractivity contribution in [2.24, 2.45) is 0 Å². The number of fused-ring (bicyclic) bond motifs is 1. The number of aromatic amines is 1. The number of halogens is 1. The predicted molar refractivity (Wildman–Crippen MR) is 134 cm³/mol. The van der Waals surface area contributed by atoms with E-state index in [1.54, 1.807) is 47.0 Å². The lowest BCUT2D eigenvalue weighted by Gasteiger charge is -2.26. The summed E-state index contributed by atoms with van der Waals surface area (Å²) < 4.78 is 0. The topological polar surface area (TPSA) is 95.2 Å². The molecule has 0 aliphatic rings. The van der Waals surface area contributed by atoms with Gasteiger partial charge in [0.05, 0.1) is 17.4 Å². The highest BCUT2D eigenvalue weighted by atomic mass is 35.5. The molecule has 0 spiro atoms. The number of aromatic nitrogens is 2. The van der Waals surface area contributed by atoms with Gasteiger partial charge < -0.3 is 15.2 Å². The molecule has 0 unspecified atom stereocenters. The number of hydrogen-bond acceptors (Lipinski definition) is 5. The van der Waals surface area contributed by atoms with Gasteiger partial charge >= 0.3 is 0 Å². The molecular weight excluding hydrogens is 460 g/mol. The van der Waals surface area contributed by atoms with Crippen LogP contribution in [0.15, 0.2) is 47.3 Å². The maximum Gasteiger partial charge on any atom is 0.258 e. The molecule has 1 aromatic heterocycles. The second kappa shape index (κ2) is 11.3. The molecule has 0 aliphatic heterocycles. The van der Waals surface area contributed by atoms with Gasteiger partial charge in [0.15, 0.2) is 0 Å². The van der Waals surface area contributed by atoms with E-state index in [2.05, 4.69) is 15.3 Å². The van der Waals surface area contributed by atoms with E-state index in [9.17, 15) is 14.4 Å². The zero-order chi connectivity index (χ0) is 24.0. The van der Waals surface area contributed by atoms with Crippen LogP contribution in [0.3, 0.4) is 0 Å². The van der Waals surface area contributed by atoms with Crippen molar-refractivity contribution in [2.45, 2.75) is 32.9 Å². The molecule has 174 valence electrons. The first kappa shape index (κ1) is 24.8. The minimum atomic E-state index is -0.688. The van der Waals surface area contributed by atoms with Gasteiger partial charge in [-0.25, -0.2) is 4.98 Å². The van der Waals surface area contributed by atoms with Gasteiger partial charge in [-0.15, -0.1) is 0 Å². The number of carbonyl (C=O) groups is 2. The van der Waals surface area contributed by atoms with E-state index in [1.165, 1.54) is 0 Å². The standard InChI is InChI=1S/C24H27ClN4O3S/c1-4-29(14-21-26-20-13-17(25)8-9-18(20)23(31)28-21)24(32)19(10-11-33-3)27-22(30)16-7-5-6-15(2)12-16/h5-9,12-13,19H,4,10-11,14H2,1-3H3,(H,27,30)(H,26,28,31)/t19-/m0/s1. The van der Waals surface area contributed by atoms with Crippen LogP contribution in [0, 0.1) is 6.92 Å². The summed E-state index contributed by atoms with van der Waals surface area (Å²) in [6.45, 7) is 4.27. The van der Waals surface area contributed by atoms with Crippen LogP contribution in [0.4, 0.5) is 0 Å². The molecule has 33 heavy (non-hydrogen) atoms. The summed E-state index contributed by atoms with van der Waals surface area (Å²) in [5.41, 5.74) is 1.66. The van der Waals surface area contributed by atoms with Gasteiger partial charge in [-0.3, -0.25) is 14.4 Å².